The summed E-state index contributed by atoms with van der Waals surface area (Å²) in [6.45, 7) is 2.33. The van der Waals surface area contributed by atoms with Gasteiger partial charge in [0.15, 0.2) is 6.61 Å². The molecule has 154 valence electrons. The molecule has 0 unspecified atom stereocenters. The van der Waals surface area contributed by atoms with Crippen molar-refractivity contribution >= 4 is 17.6 Å². The Morgan fingerprint density at radius 1 is 0.867 bits per heavy atom. The van der Waals surface area contributed by atoms with Crippen LogP contribution in [-0.4, -0.2) is 25.1 Å². The first-order valence-electron chi connectivity index (χ1n) is 10.0. The van der Waals surface area contributed by atoms with Gasteiger partial charge in [0.1, 0.15) is 5.75 Å². The normalized spacial score (nSPS) is 10.3. The molecule has 0 aliphatic rings. The van der Waals surface area contributed by atoms with E-state index >= 15 is 0 Å². The zero-order valence-electron chi connectivity index (χ0n) is 17.0. The predicted molar refractivity (Wildman–Crippen MR) is 118 cm³/mol. The Morgan fingerprint density at radius 3 is 2.30 bits per heavy atom. The summed E-state index contributed by atoms with van der Waals surface area (Å²) < 4.78 is 10.9. The second kappa shape index (κ2) is 10.8. The van der Waals surface area contributed by atoms with Crippen molar-refractivity contribution in [2.24, 2.45) is 0 Å². The van der Waals surface area contributed by atoms with Gasteiger partial charge in [0.05, 0.1) is 12.2 Å². The summed E-state index contributed by atoms with van der Waals surface area (Å²) in [5.41, 5.74) is 2.99. The number of amides is 1. The maximum absolute atomic E-state index is 12.3. The lowest BCUT2D eigenvalue weighted by atomic mass is 10.1. The molecule has 5 heteroatoms. The summed E-state index contributed by atoms with van der Waals surface area (Å²) in [5.74, 6) is 0.00217. The number of carbonyl (C=O) groups is 2. The van der Waals surface area contributed by atoms with Gasteiger partial charge < -0.3 is 14.8 Å². The Hall–Kier alpha value is -3.60. The van der Waals surface area contributed by atoms with Crippen molar-refractivity contribution in [3.8, 4) is 16.9 Å². The molecule has 1 N–H and O–H groups in total. The fourth-order valence-electron chi connectivity index (χ4n) is 2.87. The number of hydrogen-bond acceptors (Lipinski definition) is 4. The quantitative estimate of drug-likeness (QED) is 0.387. The fourth-order valence-corrected chi connectivity index (χ4v) is 2.87. The van der Waals surface area contributed by atoms with Crippen molar-refractivity contribution in [1.82, 2.24) is 0 Å². The van der Waals surface area contributed by atoms with Gasteiger partial charge in [0, 0.05) is 11.3 Å². The van der Waals surface area contributed by atoms with Crippen LogP contribution in [0.3, 0.4) is 0 Å². The Balaban J connectivity index is 1.55. The van der Waals surface area contributed by atoms with Crippen LogP contribution >= 0.6 is 0 Å². The summed E-state index contributed by atoms with van der Waals surface area (Å²) in [4.78, 5) is 24.2. The Bertz CT molecular complexity index is 968. The zero-order chi connectivity index (χ0) is 21.2. The van der Waals surface area contributed by atoms with Crippen molar-refractivity contribution in [3.05, 3.63) is 84.4 Å². The van der Waals surface area contributed by atoms with Gasteiger partial charge in [-0.05, 0) is 42.3 Å². The number of unbranched alkanes of at least 4 members (excludes halogenated alkanes) is 1. The number of anilines is 1. The van der Waals surface area contributed by atoms with E-state index in [-0.39, 0.29) is 18.5 Å². The van der Waals surface area contributed by atoms with Crippen LogP contribution in [0.15, 0.2) is 78.9 Å². The highest BCUT2D eigenvalue weighted by atomic mass is 16.5. The molecule has 0 saturated heterocycles. The van der Waals surface area contributed by atoms with Gasteiger partial charge >= 0.3 is 5.97 Å². The van der Waals surface area contributed by atoms with Gasteiger partial charge in [-0.1, -0.05) is 61.9 Å². The monoisotopic (exact) mass is 403 g/mol. The number of hydrogen-bond donors (Lipinski definition) is 1. The largest absolute Gasteiger partial charge is 0.483 e. The van der Waals surface area contributed by atoms with Crippen LogP contribution in [0.25, 0.3) is 11.1 Å². The van der Waals surface area contributed by atoms with E-state index in [2.05, 4.69) is 5.32 Å². The second-order valence-corrected chi connectivity index (χ2v) is 6.77. The van der Waals surface area contributed by atoms with E-state index in [4.69, 9.17) is 9.47 Å². The van der Waals surface area contributed by atoms with Crippen LogP contribution in [0.2, 0.25) is 0 Å². The van der Waals surface area contributed by atoms with Crippen molar-refractivity contribution in [1.29, 1.82) is 0 Å². The van der Waals surface area contributed by atoms with Crippen molar-refractivity contribution in [2.75, 3.05) is 18.5 Å². The molecule has 1 amide bonds. The van der Waals surface area contributed by atoms with E-state index in [1.54, 1.807) is 24.3 Å². The summed E-state index contributed by atoms with van der Waals surface area (Å²) >= 11 is 0. The van der Waals surface area contributed by atoms with Crippen LogP contribution in [0.5, 0.6) is 5.75 Å². The molecule has 0 aliphatic heterocycles. The van der Waals surface area contributed by atoms with Crippen molar-refractivity contribution in [3.63, 3.8) is 0 Å². The van der Waals surface area contributed by atoms with Crippen LogP contribution in [0.4, 0.5) is 5.69 Å². The minimum Gasteiger partial charge on any atom is -0.483 e. The highest BCUT2D eigenvalue weighted by Gasteiger charge is 2.10. The molecular formula is C25H25NO4. The minimum atomic E-state index is -0.359. The van der Waals surface area contributed by atoms with Crippen LogP contribution < -0.4 is 10.1 Å². The summed E-state index contributed by atoms with van der Waals surface area (Å²) in [5, 5.41) is 2.77. The van der Waals surface area contributed by atoms with E-state index in [1.807, 2.05) is 61.5 Å². The highest BCUT2D eigenvalue weighted by molar-refractivity contribution is 5.93. The smallest absolute Gasteiger partial charge is 0.338 e. The first kappa shape index (κ1) is 21.1. The second-order valence-electron chi connectivity index (χ2n) is 6.77. The molecule has 0 spiro atoms. The molecule has 3 rings (SSSR count). The van der Waals surface area contributed by atoms with E-state index in [1.165, 1.54) is 0 Å². The van der Waals surface area contributed by atoms with Crippen LogP contribution in [0.1, 0.15) is 30.1 Å². The number of nitrogens with one attached hydrogen (secondary N) is 1. The molecule has 3 aromatic rings. The molecule has 30 heavy (non-hydrogen) atoms. The number of esters is 1. The number of para-hydroxylation sites is 1. The molecule has 0 heterocycles. The first-order valence-corrected chi connectivity index (χ1v) is 10.0. The third kappa shape index (κ3) is 5.95. The topological polar surface area (TPSA) is 64.6 Å². The molecule has 0 radical (unpaired) electrons. The highest BCUT2D eigenvalue weighted by Crippen LogP contribution is 2.29. The molecule has 3 aromatic carbocycles. The number of ether oxygens (including phenoxy) is 2. The zero-order valence-corrected chi connectivity index (χ0v) is 17.0. The lowest BCUT2D eigenvalue weighted by molar-refractivity contribution is -0.118. The number of rotatable bonds is 9. The SMILES string of the molecule is CCCCOC(=O)c1ccc(NC(=O)COc2ccccc2-c2ccccc2)cc1. The van der Waals surface area contributed by atoms with Gasteiger partial charge in [-0.15, -0.1) is 0 Å². The van der Waals surface area contributed by atoms with Gasteiger partial charge in [-0.2, -0.15) is 0 Å². The Labute approximate surface area is 176 Å². The van der Waals surface area contributed by atoms with E-state index in [0.717, 1.165) is 24.0 Å². The lowest BCUT2D eigenvalue weighted by Gasteiger charge is -2.12. The summed E-state index contributed by atoms with van der Waals surface area (Å²) in [6, 6.07) is 24.1. The van der Waals surface area contributed by atoms with Gasteiger partial charge in [-0.25, -0.2) is 4.79 Å². The molecule has 0 fully saturated rings. The molecule has 0 aromatic heterocycles. The average Bonchev–Trinajstić information content (AvgIpc) is 2.79. The maximum atomic E-state index is 12.3. The summed E-state index contributed by atoms with van der Waals surface area (Å²) in [7, 11) is 0. The average molecular weight is 403 g/mol. The molecule has 0 aliphatic carbocycles. The number of carbonyl (C=O) groups excluding carboxylic acids is 2. The van der Waals surface area contributed by atoms with Gasteiger partial charge in [-0.3, -0.25) is 4.79 Å². The van der Waals surface area contributed by atoms with Crippen molar-refractivity contribution < 1.29 is 19.1 Å². The molecule has 0 saturated carbocycles. The van der Waals surface area contributed by atoms with Gasteiger partial charge in [0.2, 0.25) is 0 Å². The van der Waals surface area contributed by atoms with E-state index in [0.29, 0.717) is 23.6 Å². The van der Waals surface area contributed by atoms with Crippen LogP contribution in [-0.2, 0) is 9.53 Å². The molecule has 0 atom stereocenters. The number of benzene rings is 3. The van der Waals surface area contributed by atoms with Crippen LogP contribution in [0, 0.1) is 0 Å². The van der Waals surface area contributed by atoms with Crippen molar-refractivity contribution in [2.45, 2.75) is 19.8 Å². The maximum Gasteiger partial charge on any atom is 0.338 e. The van der Waals surface area contributed by atoms with Gasteiger partial charge in [0.25, 0.3) is 5.91 Å². The van der Waals surface area contributed by atoms with E-state index < -0.39 is 0 Å². The summed E-state index contributed by atoms with van der Waals surface area (Å²) in [6.07, 6.45) is 1.81. The predicted octanol–water partition coefficient (Wildman–Crippen LogP) is 5.33. The molecule has 0 bridgehead atoms. The fraction of sp³-hybridized carbons (Fsp3) is 0.200. The Kier molecular flexibility index (Phi) is 7.61. The standard InChI is InChI=1S/C25H25NO4/c1-2-3-17-29-25(28)20-13-15-21(16-14-20)26-24(27)18-30-23-12-8-7-11-22(23)19-9-5-4-6-10-19/h4-16H,2-3,17-18H2,1H3,(H,26,27). The minimum absolute atomic E-state index is 0.120. The molecule has 5 nitrogen and oxygen atoms in total. The van der Waals surface area contributed by atoms with E-state index in [9.17, 15) is 9.59 Å². The lowest BCUT2D eigenvalue weighted by Crippen LogP contribution is -2.20. The molecular weight excluding hydrogens is 378 g/mol. The third-order valence-corrected chi connectivity index (χ3v) is 4.47. The first-order chi connectivity index (χ1) is 14.7. The third-order valence-electron chi connectivity index (χ3n) is 4.47. The Morgan fingerprint density at radius 2 is 1.57 bits per heavy atom.